The van der Waals surface area contributed by atoms with Crippen LogP contribution >= 0.6 is 0 Å². The van der Waals surface area contributed by atoms with Gasteiger partial charge in [-0.2, -0.15) is 9.78 Å². The number of nitrogens with zero attached hydrogens (tertiary/aromatic N) is 3. The van der Waals surface area contributed by atoms with Gasteiger partial charge < -0.3 is 9.47 Å². The largest absolute Gasteiger partial charge is 0.493 e. The summed E-state index contributed by atoms with van der Waals surface area (Å²) in [5, 5.41) is 5.16. The summed E-state index contributed by atoms with van der Waals surface area (Å²) in [5.74, 6) is 1.54. The smallest absolute Gasteiger partial charge is 0.282 e. The molecule has 5 rings (SSSR count). The van der Waals surface area contributed by atoms with E-state index in [1.165, 1.54) is 23.2 Å². The van der Waals surface area contributed by atoms with Crippen LogP contribution in [-0.2, 0) is 6.61 Å². The normalized spacial score (nSPS) is 14.4. The van der Waals surface area contributed by atoms with Gasteiger partial charge in [0.25, 0.3) is 5.56 Å². The van der Waals surface area contributed by atoms with Gasteiger partial charge in [0.2, 0.25) is 0 Å². The van der Waals surface area contributed by atoms with Crippen LogP contribution in [0.1, 0.15) is 55.0 Å². The molecule has 4 aromatic rings. The molecule has 1 aliphatic rings. The summed E-state index contributed by atoms with van der Waals surface area (Å²) >= 11 is 0. The highest BCUT2D eigenvalue weighted by atomic mass is 19.1. The van der Waals surface area contributed by atoms with E-state index in [0.717, 1.165) is 25.7 Å². The molecule has 0 saturated heterocycles. The zero-order chi connectivity index (χ0) is 24.9. The minimum absolute atomic E-state index is 0.157. The molecule has 184 valence electrons. The quantitative estimate of drug-likeness (QED) is 0.299. The summed E-state index contributed by atoms with van der Waals surface area (Å²) in [6.45, 7) is 0.157. The van der Waals surface area contributed by atoms with Crippen LogP contribution in [0.4, 0.5) is 4.39 Å². The second-order valence-corrected chi connectivity index (χ2v) is 8.98. The molecule has 0 N–H and O–H groups in total. The van der Waals surface area contributed by atoms with Crippen molar-refractivity contribution in [1.82, 2.24) is 9.66 Å². The molecule has 6 nitrogen and oxygen atoms in total. The highest BCUT2D eigenvalue weighted by Gasteiger charge is 2.22. The Morgan fingerprint density at radius 3 is 2.67 bits per heavy atom. The van der Waals surface area contributed by atoms with Gasteiger partial charge in [0, 0.05) is 11.5 Å². The van der Waals surface area contributed by atoms with Gasteiger partial charge in [-0.25, -0.2) is 9.37 Å². The lowest BCUT2D eigenvalue weighted by molar-refractivity contribution is 0.283. The minimum atomic E-state index is -0.323. The summed E-state index contributed by atoms with van der Waals surface area (Å²) in [4.78, 5) is 18.4. The van der Waals surface area contributed by atoms with Crippen LogP contribution in [0.3, 0.4) is 0 Å². The standard InChI is InChI=1S/C29H28FN3O3/c1-35-26-16-8-12-22(27(26)36-19-20-9-7-13-23(30)17-20)18-31-33-28(21-10-3-2-4-11-21)32-25-15-6-5-14-24(25)29(33)34/h5-9,12-18,21H,2-4,10-11,19H2,1H3. The Morgan fingerprint density at radius 2 is 1.86 bits per heavy atom. The van der Waals surface area contributed by atoms with Crippen LogP contribution in [0.2, 0.25) is 0 Å². The Labute approximate surface area is 209 Å². The molecule has 7 heteroatoms. The molecule has 0 aliphatic heterocycles. The van der Waals surface area contributed by atoms with Crippen molar-refractivity contribution in [1.29, 1.82) is 0 Å². The second kappa shape index (κ2) is 10.7. The zero-order valence-electron chi connectivity index (χ0n) is 20.2. The fourth-order valence-corrected chi connectivity index (χ4v) is 4.73. The first kappa shape index (κ1) is 23.7. The number of fused-ring (bicyclic) bond motifs is 1. The van der Waals surface area contributed by atoms with E-state index < -0.39 is 0 Å². The SMILES string of the molecule is COc1cccc(C=Nn2c(C3CCCCC3)nc3ccccc3c2=O)c1OCc1cccc(F)c1. The first-order valence-corrected chi connectivity index (χ1v) is 12.2. The number of rotatable bonds is 7. The van der Waals surface area contributed by atoms with Gasteiger partial charge in [-0.05, 0) is 54.8 Å². The van der Waals surface area contributed by atoms with Gasteiger partial charge >= 0.3 is 0 Å². The van der Waals surface area contributed by atoms with Crippen molar-refractivity contribution in [3.05, 3.63) is 99.9 Å². The third-order valence-electron chi connectivity index (χ3n) is 6.56. The number of hydrogen-bond acceptors (Lipinski definition) is 5. The summed E-state index contributed by atoms with van der Waals surface area (Å²) in [5.41, 5.74) is 1.83. The molecule has 1 aromatic heterocycles. The van der Waals surface area contributed by atoms with Gasteiger partial charge in [-0.15, -0.1) is 0 Å². The number of hydrogen-bond donors (Lipinski definition) is 0. The van der Waals surface area contributed by atoms with Gasteiger partial charge in [0.05, 0.1) is 24.2 Å². The van der Waals surface area contributed by atoms with Gasteiger partial charge in [0.15, 0.2) is 11.5 Å². The number of methoxy groups -OCH3 is 1. The minimum Gasteiger partial charge on any atom is -0.493 e. The fourth-order valence-electron chi connectivity index (χ4n) is 4.73. The van der Waals surface area contributed by atoms with Crippen LogP contribution < -0.4 is 15.0 Å². The molecule has 0 unspecified atom stereocenters. The van der Waals surface area contributed by atoms with Crippen molar-refractivity contribution < 1.29 is 13.9 Å². The summed E-state index contributed by atoms with van der Waals surface area (Å²) in [6.07, 6.45) is 7.01. The first-order valence-electron chi connectivity index (χ1n) is 12.2. The number of para-hydroxylation sites is 2. The predicted octanol–water partition coefficient (Wildman–Crippen LogP) is 6.05. The number of benzene rings is 3. The van der Waals surface area contributed by atoms with E-state index in [-0.39, 0.29) is 23.9 Å². The first-order chi connectivity index (χ1) is 17.6. The lowest BCUT2D eigenvalue weighted by atomic mass is 9.88. The molecule has 0 atom stereocenters. The molecular formula is C29H28FN3O3. The molecule has 1 saturated carbocycles. The number of halogens is 1. The zero-order valence-corrected chi connectivity index (χ0v) is 20.2. The highest BCUT2D eigenvalue weighted by Crippen LogP contribution is 2.33. The molecular weight excluding hydrogens is 457 g/mol. The van der Waals surface area contributed by atoms with E-state index in [1.807, 2.05) is 30.3 Å². The molecule has 1 aliphatic carbocycles. The van der Waals surface area contributed by atoms with Crippen molar-refractivity contribution in [3.8, 4) is 11.5 Å². The van der Waals surface area contributed by atoms with Crippen LogP contribution in [0.5, 0.6) is 11.5 Å². The molecule has 1 heterocycles. The predicted molar refractivity (Wildman–Crippen MR) is 139 cm³/mol. The number of aromatic nitrogens is 2. The van der Waals surface area contributed by atoms with Crippen LogP contribution in [0.25, 0.3) is 10.9 Å². The maximum absolute atomic E-state index is 13.6. The van der Waals surface area contributed by atoms with Crippen LogP contribution in [-0.4, -0.2) is 23.0 Å². The van der Waals surface area contributed by atoms with E-state index in [4.69, 9.17) is 14.5 Å². The Kier molecular flexibility index (Phi) is 7.07. The lowest BCUT2D eigenvalue weighted by Gasteiger charge is -2.22. The molecule has 0 amide bonds. The monoisotopic (exact) mass is 485 g/mol. The van der Waals surface area contributed by atoms with Crippen molar-refractivity contribution in [2.75, 3.05) is 7.11 Å². The second-order valence-electron chi connectivity index (χ2n) is 8.98. The highest BCUT2D eigenvalue weighted by molar-refractivity contribution is 5.85. The van der Waals surface area contributed by atoms with Gasteiger partial charge in [-0.3, -0.25) is 4.79 Å². The maximum atomic E-state index is 13.6. The van der Waals surface area contributed by atoms with E-state index in [1.54, 1.807) is 37.6 Å². The van der Waals surface area contributed by atoms with E-state index >= 15 is 0 Å². The molecule has 3 aromatic carbocycles. The molecule has 1 fully saturated rings. The van der Waals surface area contributed by atoms with Gasteiger partial charge in [0.1, 0.15) is 18.2 Å². The van der Waals surface area contributed by atoms with Crippen molar-refractivity contribution >= 4 is 17.1 Å². The average molecular weight is 486 g/mol. The Hall–Kier alpha value is -4.00. The van der Waals surface area contributed by atoms with Crippen molar-refractivity contribution in [3.63, 3.8) is 0 Å². The van der Waals surface area contributed by atoms with E-state index in [9.17, 15) is 9.18 Å². The van der Waals surface area contributed by atoms with Gasteiger partial charge in [-0.1, -0.05) is 49.6 Å². The van der Waals surface area contributed by atoms with E-state index in [2.05, 4.69) is 5.10 Å². The number of ether oxygens (including phenoxy) is 2. The summed E-state index contributed by atoms with van der Waals surface area (Å²) < 4.78 is 26.6. The van der Waals surface area contributed by atoms with Crippen LogP contribution in [0, 0.1) is 5.82 Å². The molecule has 0 bridgehead atoms. The Balaban J connectivity index is 1.54. The van der Waals surface area contributed by atoms with E-state index in [0.29, 0.717) is 39.4 Å². The molecule has 0 spiro atoms. The lowest BCUT2D eigenvalue weighted by Crippen LogP contribution is -2.25. The third kappa shape index (κ3) is 5.00. The maximum Gasteiger partial charge on any atom is 0.282 e. The Bertz CT molecular complexity index is 1460. The van der Waals surface area contributed by atoms with Crippen LogP contribution in [0.15, 0.2) is 76.6 Å². The molecule has 0 radical (unpaired) electrons. The third-order valence-corrected chi connectivity index (χ3v) is 6.56. The Morgan fingerprint density at radius 1 is 1.06 bits per heavy atom. The van der Waals surface area contributed by atoms with Crippen molar-refractivity contribution in [2.24, 2.45) is 5.10 Å². The fraction of sp³-hybridized carbons (Fsp3) is 0.276. The molecule has 36 heavy (non-hydrogen) atoms. The van der Waals surface area contributed by atoms with Crippen molar-refractivity contribution in [2.45, 2.75) is 44.6 Å². The average Bonchev–Trinajstić information content (AvgIpc) is 2.92. The summed E-state index contributed by atoms with van der Waals surface area (Å²) in [6, 6.07) is 19.1. The summed E-state index contributed by atoms with van der Waals surface area (Å²) in [7, 11) is 1.56. The topological polar surface area (TPSA) is 65.7 Å².